The number of oxazole rings is 1. The minimum atomic E-state index is -0.0617. The van der Waals surface area contributed by atoms with Crippen molar-refractivity contribution in [2.24, 2.45) is 0 Å². The molecule has 6 aromatic carbocycles. The maximum atomic E-state index is 6.80. The smallest absolute Gasteiger partial charge is 0.252 e. The number of aromatic nitrogens is 1. The van der Waals surface area contributed by atoms with Gasteiger partial charge in [-0.25, -0.2) is 4.98 Å². The van der Waals surface area contributed by atoms with E-state index in [-0.39, 0.29) is 33.8 Å². The molecule has 0 aliphatic carbocycles. The fraction of sp³-hybridized carbons (Fsp3) is 0.362. The topological polar surface area (TPSA) is 32.5 Å². The van der Waals surface area contributed by atoms with Crippen LogP contribution in [0.25, 0.3) is 22.6 Å². The van der Waals surface area contributed by atoms with Gasteiger partial charge in [0.05, 0.1) is 0 Å². The molecule has 0 N–H and O–H groups in total. The molecule has 7 aromatic rings. The first-order valence-electron chi connectivity index (χ1n) is 23.0. The van der Waals surface area contributed by atoms with E-state index in [1.54, 1.807) is 0 Å². The zero-order valence-electron chi connectivity index (χ0n) is 40.7. The largest absolute Gasteiger partial charge is 0.436 e. The van der Waals surface area contributed by atoms with E-state index in [9.17, 15) is 0 Å². The lowest BCUT2D eigenvalue weighted by Crippen LogP contribution is -2.61. The molecular formula is C58H66BN3O. The molecule has 0 radical (unpaired) electrons. The quantitative estimate of drug-likeness (QED) is 0.166. The van der Waals surface area contributed by atoms with Crippen LogP contribution < -0.4 is 26.2 Å². The second-order valence-electron chi connectivity index (χ2n) is 23.6. The molecule has 9 rings (SSSR count). The second kappa shape index (κ2) is 14.2. The molecule has 0 saturated carbocycles. The average molecular weight is 832 g/mol. The third-order valence-corrected chi connectivity index (χ3v) is 13.5. The Kier molecular flexibility index (Phi) is 9.65. The molecule has 322 valence electrons. The van der Waals surface area contributed by atoms with Crippen molar-refractivity contribution in [3.05, 3.63) is 143 Å². The number of benzene rings is 6. The molecule has 5 heteroatoms. The van der Waals surface area contributed by atoms with Crippen LogP contribution in [0.3, 0.4) is 0 Å². The standard InChI is InChI=1S/C58H66BN3O/c1-35-27-49-52-50(28-35)62(43-30-40(57(11,12)13)29-41(31-43)58(14,15)16)48-34-51-46(60-53(63-51)36-17-19-37(20-18-36)54(2,3)4)33-45(48)59(52)44-32-39(56(8,9)10)23-26-47(44)61(49)42-24-21-38(22-25-42)55(5,6)7/h17-34H,1-16H3. The summed E-state index contributed by atoms with van der Waals surface area (Å²) in [6.45, 7) is 36.7. The minimum absolute atomic E-state index is 0.0433. The fourth-order valence-electron chi connectivity index (χ4n) is 9.53. The van der Waals surface area contributed by atoms with Crippen molar-refractivity contribution in [3.63, 3.8) is 0 Å². The van der Waals surface area contributed by atoms with Gasteiger partial charge in [0.15, 0.2) is 5.58 Å². The van der Waals surface area contributed by atoms with Crippen molar-refractivity contribution in [3.8, 4) is 11.5 Å². The molecule has 0 atom stereocenters. The molecule has 0 unspecified atom stereocenters. The highest BCUT2D eigenvalue weighted by molar-refractivity contribution is 7.00. The van der Waals surface area contributed by atoms with Gasteiger partial charge in [0.2, 0.25) is 5.89 Å². The van der Waals surface area contributed by atoms with Gasteiger partial charge in [0.25, 0.3) is 6.71 Å². The Morgan fingerprint density at radius 1 is 0.429 bits per heavy atom. The Morgan fingerprint density at radius 2 is 0.905 bits per heavy atom. The van der Waals surface area contributed by atoms with Crippen LogP contribution in [0.5, 0.6) is 0 Å². The first kappa shape index (κ1) is 42.7. The van der Waals surface area contributed by atoms with Crippen LogP contribution in [-0.2, 0) is 27.1 Å². The maximum Gasteiger partial charge on any atom is 0.252 e. The van der Waals surface area contributed by atoms with Gasteiger partial charge in [-0.05, 0) is 144 Å². The van der Waals surface area contributed by atoms with Gasteiger partial charge in [-0.15, -0.1) is 0 Å². The van der Waals surface area contributed by atoms with E-state index in [1.165, 1.54) is 66.8 Å². The molecule has 2 aliphatic rings. The molecule has 1 aromatic heterocycles. The van der Waals surface area contributed by atoms with Gasteiger partial charge < -0.3 is 14.2 Å². The monoisotopic (exact) mass is 832 g/mol. The Morgan fingerprint density at radius 3 is 1.43 bits per heavy atom. The van der Waals surface area contributed by atoms with E-state index in [0.717, 1.165) is 33.7 Å². The summed E-state index contributed by atoms with van der Waals surface area (Å²) < 4.78 is 6.80. The summed E-state index contributed by atoms with van der Waals surface area (Å²) in [6.07, 6.45) is 0. The molecule has 63 heavy (non-hydrogen) atoms. The third kappa shape index (κ3) is 7.49. The van der Waals surface area contributed by atoms with Gasteiger partial charge in [0, 0.05) is 45.8 Å². The van der Waals surface area contributed by atoms with E-state index in [0.29, 0.717) is 5.89 Å². The van der Waals surface area contributed by atoms with Gasteiger partial charge in [-0.3, -0.25) is 0 Å². The molecule has 0 fully saturated rings. The number of fused-ring (bicyclic) bond motifs is 5. The van der Waals surface area contributed by atoms with Crippen LogP contribution in [0.15, 0.2) is 114 Å². The Balaban J connectivity index is 1.37. The Bertz CT molecular complexity index is 2890. The Labute approximate surface area is 377 Å². The predicted molar refractivity (Wildman–Crippen MR) is 272 cm³/mol. The molecule has 0 spiro atoms. The second-order valence-corrected chi connectivity index (χ2v) is 23.6. The lowest BCUT2D eigenvalue weighted by molar-refractivity contribution is 0.568. The number of hydrogen-bond acceptors (Lipinski definition) is 4. The molecule has 0 bridgehead atoms. The van der Waals surface area contributed by atoms with E-state index in [4.69, 9.17) is 9.40 Å². The van der Waals surface area contributed by atoms with Gasteiger partial charge in [-0.1, -0.05) is 146 Å². The minimum Gasteiger partial charge on any atom is -0.436 e. The van der Waals surface area contributed by atoms with Crippen molar-refractivity contribution in [2.45, 2.75) is 138 Å². The lowest BCUT2D eigenvalue weighted by atomic mass is 9.33. The predicted octanol–water partition coefficient (Wildman–Crippen LogP) is 14.4. The number of nitrogens with zero attached hydrogens (tertiary/aromatic N) is 3. The summed E-state index contributed by atoms with van der Waals surface area (Å²) in [5.74, 6) is 0.641. The average Bonchev–Trinajstić information content (AvgIpc) is 3.61. The Hall–Kier alpha value is -5.55. The summed E-state index contributed by atoms with van der Waals surface area (Å²) in [6, 6.07) is 41.9. The highest BCUT2D eigenvalue weighted by Gasteiger charge is 2.45. The van der Waals surface area contributed by atoms with Crippen molar-refractivity contribution >= 4 is 68.3 Å². The third-order valence-electron chi connectivity index (χ3n) is 13.5. The molecule has 3 heterocycles. The van der Waals surface area contributed by atoms with Crippen LogP contribution in [0.2, 0.25) is 0 Å². The van der Waals surface area contributed by atoms with Crippen molar-refractivity contribution in [1.82, 2.24) is 4.98 Å². The van der Waals surface area contributed by atoms with Crippen LogP contribution in [-0.4, -0.2) is 11.7 Å². The molecule has 4 nitrogen and oxygen atoms in total. The van der Waals surface area contributed by atoms with E-state index >= 15 is 0 Å². The molecule has 2 aliphatic heterocycles. The summed E-state index contributed by atoms with van der Waals surface area (Å²) in [5.41, 5.74) is 21.3. The van der Waals surface area contributed by atoms with Gasteiger partial charge >= 0.3 is 0 Å². The first-order chi connectivity index (χ1) is 29.3. The zero-order valence-corrected chi connectivity index (χ0v) is 40.7. The maximum absolute atomic E-state index is 6.80. The fourth-order valence-corrected chi connectivity index (χ4v) is 9.53. The molecule has 0 saturated heterocycles. The van der Waals surface area contributed by atoms with Crippen LogP contribution >= 0.6 is 0 Å². The highest BCUT2D eigenvalue weighted by Crippen LogP contribution is 2.47. The SMILES string of the molecule is Cc1cc2c3c(c1)N(c1cc(C(C)(C)C)cc(C(C)(C)C)c1)c1cc4oc(-c5ccc(C(C)(C)C)cc5)nc4cc1B3c1cc(C(C)(C)C)ccc1N2c1ccc(C(C)(C)C)cc1. The number of anilines is 6. The number of hydrogen-bond donors (Lipinski definition) is 0. The molecular weight excluding hydrogens is 765 g/mol. The van der Waals surface area contributed by atoms with Crippen molar-refractivity contribution in [2.75, 3.05) is 9.80 Å². The zero-order chi connectivity index (χ0) is 45.3. The van der Waals surface area contributed by atoms with Crippen LogP contribution in [0.4, 0.5) is 34.1 Å². The highest BCUT2D eigenvalue weighted by atomic mass is 16.3. The molecule has 0 amide bonds. The summed E-state index contributed by atoms with van der Waals surface area (Å²) in [7, 11) is 0. The number of aryl methyl sites for hydroxylation is 1. The lowest BCUT2D eigenvalue weighted by Gasteiger charge is -2.45. The van der Waals surface area contributed by atoms with Gasteiger partial charge in [0.1, 0.15) is 5.52 Å². The summed E-state index contributed by atoms with van der Waals surface area (Å²) >= 11 is 0. The van der Waals surface area contributed by atoms with Crippen molar-refractivity contribution < 1.29 is 4.42 Å². The van der Waals surface area contributed by atoms with Crippen LogP contribution in [0.1, 0.15) is 137 Å². The normalized spacial score (nSPS) is 14.3. The van der Waals surface area contributed by atoms with Crippen LogP contribution in [0, 0.1) is 6.92 Å². The first-order valence-corrected chi connectivity index (χ1v) is 23.0. The summed E-state index contributed by atoms with van der Waals surface area (Å²) in [4.78, 5) is 10.3. The van der Waals surface area contributed by atoms with Gasteiger partial charge in [-0.2, -0.15) is 0 Å². The van der Waals surface area contributed by atoms with Crippen molar-refractivity contribution in [1.29, 1.82) is 0 Å². The number of rotatable bonds is 3. The summed E-state index contributed by atoms with van der Waals surface area (Å²) in [5, 5.41) is 0. The van der Waals surface area contributed by atoms with E-state index < -0.39 is 0 Å². The van der Waals surface area contributed by atoms with E-state index in [2.05, 4.69) is 230 Å². The van der Waals surface area contributed by atoms with E-state index in [1.807, 2.05) is 0 Å².